The van der Waals surface area contributed by atoms with Crippen LogP contribution in [0.15, 0.2) is 67.0 Å². The third-order valence-electron chi connectivity index (χ3n) is 6.05. The van der Waals surface area contributed by atoms with E-state index in [1.165, 1.54) is 12.5 Å². The standard InChI is InChI=1S/C25H23NO5/c1-15-5-4-10-26(13-15)14-20-21(27)9-8-17-18(12-23(28)31-24(17)20)19-11-16-6-2-3-7-22(16)30-25(19)29/h2-3,6-9,11-12,15,27H,4-5,10,13-14H2,1H3. The summed E-state index contributed by atoms with van der Waals surface area (Å²) in [5.74, 6) is 0.659. The summed E-state index contributed by atoms with van der Waals surface area (Å²) in [5, 5.41) is 11.9. The molecule has 1 unspecified atom stereocenters. The number of hydrogen-bond donors (Lipinski definition) is 1. The number of aromatic hydroxyl groups is 1. The summed E-state index contributed by atoms with van der Waals surface area (Å²) < 4.78 is 11.0. The van der Waals surface area contributed by atoms with Crippen molar-refractivity contribution < 1.29 is 13.9 Å². The number of benzene rings is 2. The first-order chi connectivity index (χ1) is 15.0. The van der Waals surface area contributed by atoms with E-state index in [-0.39, 0.29) is 5.75 Å². The van der Waals surface area contributed by atoms with Crippen LogP contribution in [0, 0.1) is 5.92 Å². The molecule has 0 radical (unpaired) electrons. The van der Waals surface area contributed by atoms with Crippen LogP contribution in [-0.4, -0.2) is 23.1 Å². The highest BCUT2D eigenvalue weighted by Crippen LogP contribution is 2.34. The first-order valence-corrected chi connectivity index (χ1v) is 10.5. The molecule has 1 aliphatic rings. The van der Waals surface area contributed by atoms with Gasteiger partial charge in [0.15, 0.2) is 0 Å². The first kappa shape index (κ1) is 19.6. The van der Waals surface area contributed by atoms with Gasteiger partial charge in [-0.2, -0.15) is 0 Å². The molecular formula is C25H23NO5. The topological polar surface area (TPSA) is 83.9 Å². The van der Waals surface area contributed by atoms with Crippen LogP contribution >= 0.6 is 0 Å². The predicted octanol–water partition coefficient (Wildman–Crippen LogP) is 4.50. The SMILES string of the molecule is CC1CCCN(Cc2c(O)ccc3c(-c4cc5ccccc5oc4=O)cc(=O)oc23)C1. The number of hydrogen-bond acceptors (Lipinski definition) is 6. The molecule has 1 atom stereocenters. The molecule has 0 aliphatic carbocycles. The zero-order chi connectivity index (χ0) is 21.5. The molecule has 1 saturated heterocycles. The fraction of sp³-hybridized carbons (Fsp3) is 0.280. The normalized spacial score (nSPS) is 17.4. The third-order valence-corrected chi connectivity index (χ3v) is 6.05. The Bertz CT molecular complexity index is 1400. The van der Waals surface area contributed by atoms with Crippen LogP contribution in [0.1, 0.15) is 25.3 Å². The summed E-state index contributed by atoms with van der Waals surface area (Å²) in [6.45, 7) is 4.55. The van der Waals surface area contributed by atoms with E-state index in [4.69, 9.17) is 8.83 Å². The van der Waals surface area contributed by atoms with Crippen molar-refractivity contribution in [1.29, 1.82) is 0 Å². The molecule has 1 fully saturated rings. The molecule has 31 heavy (non-hydrogen) atoms. The predicted molar refractivity (Wildman–Crippen MR) is 119 cm³/mol. The third kappa shape index (κ3) is 3.64. The second kappa shape index (κ2) is 7.71. The largest absolute Gasteiger partial charge is 0.507 e. The molecule has 1 aliphatic heterocycles. The number of piperidine rings is 1. The van der Waals surface area contributed by atoms with Gasteiger partial charge in [-0.3, -0.25) is 4.90 Å². The summed E-state index contributed by atoms with van der Waals surface area (Å²) >= 11 is 0. The van der Waals surface area contributed by atoms with Crippen molar-refractivity contribution in [2.24, 2.45) is 5.92 Å². The molecule has 4 aromatic rings. The number of phenolic OH excluding ortho intramolecular Hbond substituents is 1. The van der Waals surface area contributed by atoms with Crippen molar-refractivity contribution in [2.75, 3.05) is 13.1 Å². The van der Waals surface area contributed by atoms with Gasteiger partial charge in [-0.15, -0.1) is 0 Å². The molecule has 0 saturated carbocycles. The van der Waals surface area contributed by atoms with Crippen molar-refractivity contribution in [1.82, 2.24) is 4.90 Å². The average Bonchev–Trinajstić information content (AvgIpc) is 2.75. The number of likely N-dealkylation sites (tertiary alicyclic amines) is 1. The van der Waals surface area contributed by atoms with Gasteiger partial charge in [0.25, 0.3) is 0 Å². The van der Waals surface area contributed by atoms with Crippen molar-refractivity contribution in [3.05, 3.63) is 74.9 Å². The molecule has 6 heteroatoms. The maximum Gasteiger partial charge on any atom is 0.344 e. The Kier molecular flexibility index (Phi) is 4.87. The van der Waals surface area contributed by atoms with Gasteiger partial charge >= 0.3 is 11.3 Å². The van der Waals surface area contributed by atoms with Gasteiger partial charge < -0.3 is 13.9 Å². The van der Waals surface area contributed by atoms with Crippen LogP contribution in [0.3, 0.4) is 0 Å². The summed E-state index contributed by atoms with van der Waals surface area (Å²) in [7, 11) is 0. The second-order valence-electron chi connectivity index (χ2n) is 8.39. The van der Waals surface area contributed by atoms with E-state index in [2.05, 4.69) is 11.8 Å². The quantitative estimate of drug-likeness (QED) is 0.494. The van der Waals surface area contributed by atoms with Crippen LogP contribution in [-0.2, 0) is 6.54 Å². The zero-order valence-corrected chi connectivity index (χ0v) is 17.3. The summed E-state index contributed by atoms with van der Waals surface area (Å²) in [4.78, 5) is 27.5. The minimum atomic E-state index is -0.575. The van der Waals surface area contributed by atoms with E-state index in [1.807, 2.05) is 12.1 Å². The second-order valence-corrected chi connectivity index (χ2v) is 8.39. The van der Waals surface area contributed by atoms with E-state index in [9.17, 15) is 14.7 Å². The number of rotatable bonds is 3. The van der Waals surface area contributed by atoms with Gasteiger partial charge in [0.2, 0.25) is 0 Å². The first-order valence-electron chi connectivity index (χ1n) is 10.5. The molecule has 2 aromatic heterocycles. The van der Waals surface area contributed by atoms with Crippen LogP contribution in [0.25, 0.3) is 33.1 Å². The van der Waals surface area contributed by atoms with Crippen molar-refractivity contribution in [3.8, 4) is 16.9 Å². The van der Waals surface area contributed by atoms with Crippen molar-refractivity contribution >= 4 is 21.9 Å². The van der Waals surface area contributed by atoms with Gasteiger partial charge in [0.1, 0.15) is 16.9 Å². The number of fused-ring (bicyclic) bond motifs is 2. The van der Waals surface area contributed by atoms with E-state index in [0.717, 1.165) is 24.9 Å². The molecule has 0 bridgehead atoms. The van der Waals surface area contributed by atoms with Crippen LogP contribution in [0.2, 0.25) is 0 Å². The molecule has 5 rings (SSSR count). The molecule has 2 aromatic carbocycles. The van der Waals surface area contributed by atoms with Crippen molar-refractivity contribution in [3.63, 3.8) is 0 Å². The van der Waals surface area contributed by atoms with E-state index < -0.39 is 11.3 Å². The van der Waals surface area contributed by atoms with Gasteiger partial charge in [0.05, 0.1) is 11.1 Å². The molecule has 0 spiro atoms. The zero-order valence-electron chi connectivity index (χ0n) is 17.3. The Balaban J connectivity index is 1.70. The lowest BCUT2D eigenvalue weighted by Gasteiger charge is -2.31. The van der Waals surface area contributed by atoms with Crippen LogP contribution in [0.4, 0.5) is 0 Å². The average molecular weight is 417 g/mol. The van der Waals surface area contributed by atoms with Crippen molar-refractivity contribution in [2.45, 2.75) is 26.3 Å². The highest BCUT2D eigenvalue weighted by Gasteiger charge is 2.22. The molecule has 1 N–H and O–H groups in total. The summed E-state index contributed by atoms with van der Waals surface area (Å²) in [6, 6.07) is 13.6. The molecule has 3 heterocycles. The molecule has 6 nitrogen and oxygen atoms in total. The summed E-state index contributed by atoms with van der Waals surface area (Å²) in [5.41, 5.74) is 1.00. The highest BCUT2D eigenvalue weighted by molar-refractivity contribution is 5.97. The highest BCUT2D eigenvalue weighted by atomic mass is 16.4. The fourth-order valence-electron chi connectivity index (χ4n) is 4.55. The lowest BCUT2D eigenvalue weighted by molar-refractivity contribution is 0.175. The lowest BCUT2D eigenvalue weighted by Crippen LogP contribution is -2.33. The lowest BCUT2D eigenvalue weighted by atomic mass is 9.97. The van der Waals surface area contributed by atoms with E-state index >= 15 is 0 Å². The number of para-hydroxylation sites is 1. The maximum atomic E-state index is 12.7. The van der Waals surface area contributed by atoms with Gasteiger partial charge in [0, 0.05) is 35.5 Å². The summed E-state index contributed by atoms with van der Waals surface area (Å²) in [6.07, 6.45) is 2.29. The smallest absolute Gasteiger partial charge is 0.344 e. The van der Waals surface area contributed by atoms with Gasteiger partial charge in [-0.05, 0) is 49.6 Å². The van der Waals surface area contributed by atoms with E-state index in [0.29, 0.717) is 45.7 Å². The van der Waals surface area contributed by atoms with Crippen LogP contribution < -0.4 is 11.3 Å². The molecule has 0 amide bonds. The van der Waals surface area contributed by atoms with Crippen LogP contribution in [0.5, 0.6) is 5.75 Å². The van der Waals surface area contributed by atoms with E-state index in [1.54, 1.807) is 30.3 Å². The Labute approximate surface area is 178 Å². The number of nitrogens with zero attached hydrogens (tertiary/aromatic N) is 1. The molecular weight excluding hydrogens is 394 g/mol. The monoisotopic (exact) mass is 417 g/mol. The fourth-order valence-corrected chi connectivity index (χ4v) is 4.55. The Morgan fingerprint density at radius 2 is 1.90 bits per heavy atom. The molecule has 158 valence electrons. The minimum absolute atomic E-state index is 0.0802. The van der Waals surface area contributed by atoms with Gasteiger partial charge in [-0.1, -0.05) is 25.1 Å². The Hall–Kier alpha value is -3.38. The Morgan fingerprint density at radius 1 is 1.06 bits per heavy atom. The van der Waals surface area contributed by atoms with Gasteiger partial charge in [-0.25, -0.2) is 9.59 Å². The maximum absolute atomic E-state index is 12.7. The Morgan fingerprint density at radius 3 is 2.74 bits per heavy atom. The number of phenols is 1. The minimum Gasteiger partial charge on any atom is -0.507 e.